The molecule has 0 saturated carbocycles. The third-order valence-electron chi connectivity index (χ3n) is 4.44. The topological polar surface area (TPSA) is 0 Å². The molecular weight excluding hydrogens is 216 g/mol. The molecule has 0 nitrogen and oxygen atoms in total. The molecule has 2 rings (SSSR count). The second kappa shape index (κ2) is 5.40. The van der Waals surface area contributed by atoms with Crippen LogP contribution < -0.4 is 0 Å². The fraction of sp³-hybridized carbons (Fsp3) is 0.733. The molecule has 2 aliphatic carbocycles. The summed E-state index contributed by atoms with van der Waals surface area (Å²) in [4.78, 5) is 0. The van der Waals surface area contributed by atoms with Gasteiger partial charge in [-0.15, -0.1) is 12.4 Å². The van der Waals surface area contributed by atoms with Crippen LogP contribution >= 0.6 is 12.4 Å². The van der Waals surface area contributed by atoms with Gasteiger partial charge >= 0.3 is 0 Å². The van der Waals surface area contributed by atoms with Gasteiger partial charge in [-0.2, -0.15) is 0 Å². The fourth-order valence-corrected chi connectivity index (χ4v) is 3.40. The van der Waals surface area contributed by atoms with Crippen LogP contribution in [0.4, 0.5) is 0 Å². The van der Waals surface area contributed by atoms with Crippen molar-refractivity contribution in [1.29, 1.82) is 0 Å². The number of hydrogen-bond acceptors (Lipinski definition) is 0. The van der Waals surface area contributed by atoms with Crippen LogP contribution in [-0.4, -0.2) is 0 Å². The Kier molecular flexibility index (Phi) is 4.67. The minimum atomic E-state index is 0. The average Bonchev–Trinajstić information content (AvgIpc) is 2.17. The third-order valence-corrected chi connectivity index (χ3v) is 4.44. The van der Waals surface area contributed by atoms with Crippen molar-refractivity contribution in [2.75, 3.05) is 0 Å². The number of fused-ring (bicyclic) bond motifs is 1. The first-order valence-electron chi connectivity index (χ1n) is 6.43. The fourth-order valence-electron chi connectivity index (χ4n) is 3.40. The summed E-state index contributed by atoms with van der Waals surface area (Å²) >= 11 is 0. The molecule has 0 aromatic heterocycles. The van der Waals surface area contributed by atoms with Gasteiger partial charge in [0.15, 0.2) is 0 Å². The van der Waals surface area contributed by atoms with E-state index in [0.29, 0.717) is 0 Å². The molecule has 2 aliphatic rings. The van der Waals surface area contributed by atoms with Gasteiger partial charge in [0, 0.05) is 0 Å². The molecule has 0 amide bonds. The number of halogens is 1. The lowest BCUT2D eigenvalue weighted by molar-refractivity contribution is 0.210. The second-order valence-electron chi connectivity index (χ2n) is 5.83. The largest absolute Gasteiger partial charge is 0.147 e. The van der Waals surface area contributed by atoms with Crippen molar-refractivity contribution in [1.82, 2.24) is 0 Å². The molecule has 0 spiro atoms. The molecule has 1 heteroatoms. The zero-order valence-electron chi connectivity index (χ0n) is 11.0. The molecule has 0 N–H and O–H groups in total. The van der Waals surface area contributed by atoms with Crippen molar-refractivity contribution in [3.05, 3.63) is 23.3 Å². The summed E-state index contributed by atoms with van der Waals surface area (Å²) in [6.07, 6.45) is 9.08. The van der Waals surface area contributed by atoms with Gasteiger partial charge in [0.2, 0.25) is 0 Å². The van der Waals surface area contributed by atoms with E-state index in [-0.39, 0.29) is 12.4 Å². The van der Waals surface area contributed by atoms with Crippen molar-refractivity contribution in [2.45, 2.75) is 47.0 Å². The van der Waals surface area contributed by atoms with Crippen LogP contribution in [-0.2, 0) is 0 Å². The Morgan fingerprint density at radius 3 is 2.56 bits per heavy atom. The Bertz CT molecular complexity index is 299. The van der Waals surface area contributed by atoms with E-state index in [0.717, 1.165) is 23.7 Å². The maximum atomic E-state index is 2.58. The van der Waals surface area contributed by atoms with E-state index in [1.807, 2.05) is 0 Å². The zero-order chi connectivity index (χ0) is 11.0. The molecule has 92 valence electrons. The van der Waals surface area contributed by atoms with Crippen molar-refractivity contribution >= 4 is 12.4 Å². The summed E-state index contributed by atoms with van der Waals surface area (Å²) in [6.45, 7) is 9.41. The first-order chi connectivity index (χ1) is 7.09. The molecule has 0 aliphatic heterocycles. The Labute approximate surface area is 107 Å². The van der Waals surface area contributed by atoms with Gasteiger partial charge in [0.05, 0.1) is 0 Å². The number of allylic oxidation sites excluding steroid dienone is 4. The Morgan fingerprint density at radius 2 is 1.94 bits per heavy atom. The minimum absolute atomic E-state index is 0. The van der Waals surface area contributed by atoms with Crippen molar-refractivity contribution in [3.63, 3.8) is 0 Å². The van der Waals surface area contributed by atoms with Gasteiger partial charge in [-0.25, -0.2) is 0 Å². The maximum Gasteiger partial charge on any atom is -0.0132 e. The molecule has 0 unspecified atom stereocenters. The van der Waals surface area contributed by atoms with E-state index >= 15 is 0 Å². The first-order valence-corrected chi connectivity index (χ1v) is 6.43. The van der Waals surface area contributed by atoms with Gasteiger partial charge in [-0.3, -0.25) is 0 Å². The summed E-state index contributed by atoms with van der Waals surface area (Å²) in [5.74, 6) is 3.40. The maximum absolute atomic E-state index is 2.58. The highest BCUT2D eigenvalue weighted by atomic mass is 35.5. The second-order valence-corrected chi connectivity index (χ2v) is 5.83. The van der Waals surface area contributed by atoms with Crippen molar-refractivity contribution in [2.24, 2.45) is 23.7 Å². The number of rotatable bonds is 1. The van der Waals surface area contributed by atoms with Crippen LogP contribution in [0.15, 0.2) is 23.3 Å². The summed E-state index contributed by atoms with van der Waals surface area (Å²) < 4.78 is 0. The molecule has 0 saturated heterocycles. The standard InChI is InChI=1S/C15H24.ClH/c1-10(2)13-8-6-12(4)14-7-5-11(3)9-15(13)14;/h6,9-10,13-15H,5,7-8H2,1-4H3;1H/t13-,14-,15+;/m0./s1. The van der Waals surface area contributed by atoms with Crippen LogP contribution in [0, 0.1) is 23.7 Å². The Hall–Kier alpha value is -0.230. The smallest absolute Gasteiger partial charge is 0.0132 e. The lowest BCUT2D eigenvalue weighted by Crippen LogP contribution is -2.31. The highest BCUT2D eigenvalue weighted by Crippen LogP contribution is 2.45. The lowest BCUT2D eigenvalue weighted by atomic mass is 9.64. The van der Waals surface area contributed by atoms with E-state index in [4.69, 9.17) is 0 Å². The Balaban J connectivity index is 0.00000128. The first kappa shape index (κ1) is 13.8. The molecule has 0 fully saturated rings. The van der Waals surface area contributed by atoms with Crippen LogP contribution in [0.5, 0.6) is 0 Å². The van der Waals surface area contributed by atoms with E-state index in [9.17, 15) is 0 Å². The highest BCUT2D eigenvalue weighted by Gasteiger charge is 2.34. The third kappa shape index (κ3) is 2.53. The molecule has 16 heavy (non-hydrogen) atoms. The molecule has 0 radical (unpaired) electrons. The van der Waals surface area contributed by atoms with E-state index < -0.39 is 0 Å². The molecule has 0 bridgehead atoms. The molecular formula is C15H25Cl. The zero-order valence-corrected chi connectivity index (χ0v) is 11.8. The minimum Gasteiger partial charge on any atom is -0.147 e. The number of hydrogen-bond donors (Lipinski definition) is 0. The van der Waals surface area contributed by atoms with Gasteiger partial charge in [0.25, 0.3) is 0 Å². The van der Waals surface area contributed by atoms with E-state index in [1.54, 1.807) is 11.1 Å². The Morgan fingerprint density at radius 1 is 1.25 bits per heavy atom. The molecule has 3 atom stereocenters. The van der Waals surface area contributed by atoms with Crippen LogP contribution in [0.25, 0.3) is 0 Å². The summed E-state index contributed by atoms with van der Waals surface area (Å²) in [5.41, 5.74) is 3.28. The summed E-state index contributed by atoms with van der Waals surface area (Å²) in [5, 5.41) is 0. The lowest BCUT2D eigenvalue weighted by Gasteiger charge is -2.41. The quantitative estimate of drug-likeness (QED) is 0.566. The summed E-state index contributed by atoms with van der Waals surface area (Å²) in [7, 11) is 0. The van der Waals surface area contributed by atoms with Gasteiger partial charge in [-0.05, 0) is 56.8 Å². The van der Waals surface area contributed by atoms with Crippen molar-refractivity contribution < 1.29 is 0 Å². The van der Waals surface area contributed by atoms with E-state index in [2.05, 4.69) is 39.8 Å². The predicted octanol–water partition coefficient (Wildman–Crippen LogP) is 5.00. The van der Waals surface area contributed by atoms with Crippen molar-refractivity contribution in [3.8, 4) is 0 Å². The van der Waals surface area contributed by atoms with Gasteiger partial charge in [-0.1, -0.05) is 37.1 Å². The molecule has 0 aromatic rings. The summed E-state index contributed by atoms with van der Waals surface area (Å²) in [6, 6.07) is 0. The van der Waals surface area contributed by atoms with Crippen LogP contribution in [0.1, 0.15) is 47.0 Å². The average molecular weight is 241 g/mol. The van der Waals surface area contributed by atoms with Gasteiger partial charge in [0.1, 0.15) is 0 Å². The SMILES string of the molecule is CC1=C[C@H]2[C@@H](CC1)C(C)=CC[C@H]2C(C)C.Cl. The van der Waals surface area contributed by atoms with Crippen LogP contribution in [0.2, 0.25) is 0 Å². The molecule has 0 heterocycles. The normalized spacial score (nSPS) is 33.7. The predicted molar refractivity (Wildman–Crippen MR) is 73.9 cm³/mol. The highest BCUT2D eigenvalue weighted by molar-refractivity contribution is 5.85. The van der Waals surface area contributed by atoms with Gasteiger partial charge < -0.3 is 0 Å². The van der Waals surface area contributed by atoms with E-state index in [1.165, 1.54) is 19.3 Å². The molecule has 0 aromatic carbocycles. The van der Waals surface area contributed by atoms with Crippen LogP contribution in [0.3, 0.4) is 0 Å². The monoisotopic (exact) mass is 240 g/mol.